The largest absolute Gasteiger partial charge is 0.390 e. The summed E-state index contributed by atoms with van der Waals surface area (Å²) in [4.78, 5) is 19.5. The van der Waals surface area contributed by atoms with Gasteiger partial charge >= 0.3 is 0 Å². The molecule has 1 heterocycles. The predicted octanol–water partition coefficient (Wildman–Crippen LogP) is 2.99. The smallest absolute Gasteiger partial charge is 0.248 e. The number of nitrogens with zero attached hydrogens (tertiary/aromatic N) is 2. The van der Waals surface area contributed by atoms with Crippen molar-refractivity contribution in [2.45, 2.75) is 19.1 Å². The molecule has 0 saturated heterocycles. The molecule has 0 aromatic heterocycles. The van der Waals surface area contributed by atoms with Crippen LogP contribution in [0.15, 0.2) is 59.8 Å². The van der Waals surface area contributed by atoms with E-state index < -0.39 is 0 Å². The van der Waals surface area contributed by atoms with Gasteiger partial charge in [-0.15, -0.1) is 0 Å². The fraction of sp³-hybridized carbons (Fsp3) is 0.300. The lowest BCUT2D eigenvalue weighted by Gasteiger charge is -2.24. The average molecular weight is 356 g/mol. The van der Waals surface area contributed by atoms with Gasteiger partial charge in [-0.1, -0.05) is 53.7 Å². The number of halogens is 1. The van der Waals surface area contributed by atoms with Gasteiger partial charge in [0.15, 0.2) is 6.10 Å². The first-order valence-electron chi connectivity index (χ1n) is 8.45. The number of ether oxygens (including phenoxy) is 1. The van der Waals surface area contributed by atoms with E-state index >= 15 is 0 Å². The van der Waals surface area contributed by atoms with Crippen LogP contribution in [0.3, 0.4) is 0 Å². The Balaban J connectivity index is 1.66. The van der Waals surface area contributed by atoms with Crippen LogP contribution >= 0.6 is 0 Å². The first-order chi connectivity index (χ1) is 12.7. The molecular formula is C20H21FN2O3. The minimum absolute atomic E-state index is 0.000577. The summed E-state index contributed by atoms with van der Waals surface area (Å²) >= 11 is 0. The number of carbonyl (C=O) groups is 1. The Morgan fingerprint density at radius 1 is 1.23 bits per heavy atom. The third-order valence-electron chi connectivity index (χ3n) is 4.18. The van der Waals surface area contributed by atoms with Crippen LogP contribution in [0.4, 0.5) is 4.39 Å². The van der Waals surface area contributed by atoms with Gasteiger partial charge in [0, 0.05) is 25.6 Å². The second-order valence-electron chi connectivity index (χ2n) is 6.14. The molecule has 1 aliphatic rings. The zero-order chi connectivity index (χ0) is 18.4. The molecule has 0 unspecified atom stereocenters. The predicted molar refractivity (Wildman–Crippen MR) is 96.2 cm³/mol. The molecule has 0 spiro atoms. The number of oxime groups is 1. The van der Waals surface area contributed by atoms with Gasteiger partial charge in [0.1, 0.15) is 12.4 Å². The third kappa shape index (κ3) is 4.46. The van der Waals surface area contributed by atoms with Gasteiger partial charge in [0.25, 0.3) is 0 Å². The van der Waals surface area contributed by atoms with E-state index in [0.717, 1.165) is 5.56 Å². The molecule has 3 rings (SSSR count). The van der Waals surface area contributed by atoms with Crippen LogP contribution in [0.5, 0.6) is 0 Å². The number of hydrogen-bond acceptors (Lipinski definition) is 4. The maximum atomic E-state index is 13.9. The molecular weight excluding hydrogens is 335 g/mol. The van der Waals surface area contributed by atoms with Gasteiger partial charge < -0.3 is 14.5 Å². The lowest BCUT2D eigenvalue weighted by Crippen LogP contribution is -2.39. The first kappa shape index (κ1) is 18.1. The minimum Gasteiger partial charge on any atom is -0.390 e. The van der Waals surface area contributed by atoms with Crippen LogP contribution in [0.2, 0.25) is 0 Å². The molecule has 5 nitrogen and oxygen atoms in total. The molecule has 0 bridgehead atoms. The normalized spacial score (nSPS) is 16.1. The Bertz CT molecular complexity index is 780. The zero-order valence-corrected chi connectivity index (χ0v) is 14.6. The van der Waals surface area contributed by atoms with E-state index in [1.807, 2.05) is 30.3 Å². The summed E-state index contributed by atoms with van der Waals surface area (Å²) in [7, 11) is 1.49. The van der Waals surface area contributed by atoms with Crippen molar-refractivity contribution in [2.75, 3.05) is 20.3 Å². The number of hydrogen-bond donors (Lipinski definition) is 0. The highest BCUT2D eigenvalue weighted by Gasteiger charge is 2.27. The lowest BCUT2D eigenvalue weighted by atomic mass is 10.0. The molecule has 0 aliphatic carbocycles. The fourth-order valence-corrected chi connectivity index (χ4v) is 2.90. The van der Waals surface area contributed by atoms with Gasteiger partial charge in [-0.25, -0.2) is 4.39 Å². The number of rotatable bonds is 7. The molecule has 1 aliphatic heterocycles. The van der Waals surface area contributed by atoms with Crippen molar-refractivity contribution in [3.05, 3.63) is 71.5 Å². The van der Waals surface area contributed by atoms with E-state index in [9.17, 15) is 9.18 Å². The Labute approximate surface area is 152 Å². The van der Waals surface area contributed by atoms with Crippen molar-refractivity contribution in [1.82, 2.24) is 4.90 Å². The third-order valence-corrected chi connectivity index (χ3v) is 4.18. The summed E-state index contributed by atoms with van der Waals surface area (Å²) in [6, 6.07) is 16.2. The summed E-state index contributed by atoms with van der Waals surface area (Å²) in [5.41, 5.74) is 2.02. The summed E-state index contributed by atoms with van der Waals surface area (Å²) in [5.74, 6) is -0.452. The van der Waals surface area contributed by atoms with Gasteiger partial charge in [-0.05, 0) is 11.6 Å². The summed E-state index contributed by atoms with van der Waals surface area (Å²) in [5, 5.41) is 4.02. The quantitative estimate of drug-likeness (QED) is 0.766. The molecule has 26 heavy (non-hydrogen) atoms. The highest BCUT2D eigenvalue weighted by atomic mass is 19.1. The number of benzene rings is 2. The Morgan fingerprint density at radius 2 is 1.96 bits per heavy atom. The number of methoxy groups -OCH3 is 1. The molecule has 0 radical (unpaired) electrons. The van der Waals surface area contributed by atoms with E-state index in [1.54, 1.807) is 23.1 Å². The topological polar surface area (TPSA) is 51.1 Å². The van der Waals surface area contributed by atoms with Crippen molar-refractivity contribution < 1.29 is 18.8 Å². The van der Waals surface area contributed by atoms with Crippen LogP contribution in [-0.4, -0.2) is 42.9 Å². The van der Waals surface area contributed by atoms with Crippen molar-refractivity contribution in [1.29, 1.82) is 0 Å². The zero-order valence-electron chi connectivity index (χ0n) is 14.6. The van der Waals surface area contributed by atoms with E-state index in [4.69, 9.17) is 9.57 Å². The highest BCUT2D eigenvalue weighted by Crippen LogP contribution is 2.20. The molecule has 1 atom stereocenters. The second-order valence-corrected chi connectivity index (χ2v) is 6.14. The Hall–Kier alpha value is -2.73. The van der Waals surface area contributed by atoms with Gasteiger partial charge in [0.2, 0.25) is 5.91 Å². The van der Waals surface area contributed by atoms with E-state index in [1.165, 1.54) is 13.2 Å². The van der Waals surface area contributed by atoms with Crippen LogP contribution in [0.25, 0.3) is 0 Å². The van der Waals surface area contributed by atoms with E-state index in [0.29, 0.717) is 30.8 Å². The summed E-state index contributed by atoms with van der Waals surface area (Å²) in [6.45, 7) is 0.817. The Morgan fingerprint density at radius 3 is 2.69 bits per heavy atom. The monoisotopic (exact) mass is 356 g/mol. The summed E-state index contributed by atoms with van der Waals surface area (Å²) < 4.78 is 18.9. The van der Waals surface area contributed by atoms with Crippen molar-refractivity contribution in [3.8, 4) is 0 Å². The van der Waals surface area contributed by atoms with Crippen molar-refractivity contribution >= 4 is 11.6 Å². The number of amides is 1. The average Bonchev–Trinajstić information content (AvgIpc) is 3.11. The van der Waals surface area contributed by atoms with Crippen molar-refractivity contribution in [2.24, 2.45) is 5.16 Å². The Kier molecular flexibility index (Phi) is 5.96. The molecule has 1 amide bonds. The minimum atomic E-state index is -0.327. The van der Waals surface area contributed by atoms with Crippen LogP contribution in [-0.2, 0) is 20.9 Å². The fourth-order valence-electron chi connectivity index (χ4n) is 2.90. The molecule has 6 heteroatoms. The van der Waals surface area contributed by atoms with Gasteiger partial charge in [0.05, 0.1) is 12.3 Å². The van der Waals surface area contributed by atoms with E-state index in [2.05, 4.69) is 5.16 Å². The van der Waals surface area contributed by atoms with Gasteiger partial charge in [-0.2, -0.15) is 0 Å². The molecule has 0 N–H and O–H groups in total. The van der Waals surface area contributed by atoms with Gasteiger partial charge in [-0.3, -0.25) is 4.79 Å². The molecule has 2 aromatic carbocycles. The maximum Gasteiger partial charge on any atom is 0.248 e. The second kappa shape index (κ2) is 8.58. The SMILES string of the molecule is COCC(=O)N(Cc1ccccc1)C[C@@H]1CC(c2ccccc2F)=NO1. The van der Waals surface area contributed by atoms with Crippen LogP contribution in [0.1, 0.15) is 17.5 Å². The van der Waals surface area contributed by atoms with Crippen molar-refractivity contribution in [3.63, 3.8) is 0 Å². The molecule has 0 saturated carbocycles. The maximum absolute atomic E-state index is 13.9. The molecule has 136 valence electrons. The van der Waals surface area contributed by atoms with Crippen LogP contribution < -0.4 is 0 Å². The number of carbonyl (C=O) groups excluding carboxylic acids is 1. The summed E-state index contributed by atoms with van der Waals surface area (Å²) in [6.07, 6.45) is 0.140. The van der Waals surface area contributed by atoms with Crippen LogP contribution in [0, 0.1) is 5.82 Å². The standard InChI is InChI=1S/C20H21FN2O3/c1-25-14-20(24)23(12-15-7-3-2-4-8-15)13-16-11-19(22-26-16)17-9-5-6-10-18(17)21/h2-10,16H,11-14H2,1H3/t16-/m0/s1. The lowest BCUT2D eigenvalue weighted by molar-refractivity contribution is -0.137. The first-order valence-corrected chi connectivity index (χ1v) is 8.45. The molecule has 2 aromatic rings. The molecule has 0 fully saturated rings. The highest BCUT2D eigenvalue weighted by molar-refractivity contribution is 6.01. The van der Waals surface area contributed by atoms with E-state index in [-0.39, 0.29) is 24.4 Å².